The van der Waals surface area contributed by atoms with Crippen molar-refractivity contribution in [3.8, 4) is 0 Å². The van der Waals surface area contributed by atoms with Gasteiger partial charge in [0.05, 0.1) is 0 Å². The van der Waals surface area contributed by atoms with Crippen LogP contribution >= 0.6 is 11.8 Å². The van der Waals surface area contributed by atoms with E-state index in [2.05, 4.69) is 10.6 Å². The number of fused-ring (bicyclic) bond motifs is 1. The molecule has 1 heterocycles. The van der Waals surface area contributed by atoms with Crippen molar-refractivity contribution < 1.29 is 23.2 Å². The first-order valence-corrected chi connectivity index (χ1v) is 10.8. The molecule has 0 saturated carbocycles. The van der Waals surface area contributed by atoms with Gasteiger partial charge in [-0.3, -0.25) is 14.5 Å². The van der Waals surface area contributed by atoms with Gasteiger partial charge in [-0.15, -0.1) is 0 Å². The molecule has 162 valence electrons. The van der Waals surface area contributed by atoms with Gasteiger partial charge in [-0.25, -0.2) is 4.79 Å². The maximum Gasteiger partial charge on any atom is 0.325 e. The number of carbonyl (C=O) groups excluding carboxylic acids is 3. The van der Waals surface area contributed by atoms with E-state index in [0.29, 0.717) is 27.9 Å². The highest BCUT2D eigenvalue weighted by Gasteiger charge is 2.49. The van der Waals surface area contributed by atoms with Crippen molar-refractivity contribution in [3.05, 3.63) is 59.2 Å². The Kier molecular flexibility index (Phi) is 5.70. The third-order valence-corrected chi connectivity index (χ3v) is 6.34. The highest BCUT2D eigenvalue weighted by Crippen LogP contribution is 2.32. The molecule has 2 aromatic rings. The Balaban J connectivity index is 1.43. The average Bonchev–Trinajstić information content (AvgIpc) is 3.27. The summed E-state index contributed by atoms with van der Waals surface area (Å²) in [6, 6.07) is 11.1. The largest absolute Gasteiger partial charge is 0.325 e. The molecular formula is C22H21F2N3O3S. The zero-order chi connectivity index (χ0) is 22.2. The van der Waals surface area contributed by atoms with E-state index in [4.69, 9.17) is 0 Å². The van der Waals surface area contributed by atoms with Crippen molar-refractivity contribution in [3.63, 3.8) is 0 Å². The van der Waals surface area contributed by atoms with Crippen molar-refractivity contribution in [1.29, 1.82) is 0 Å². The Hall–Kier alpha value is -2.94. The first-order chi connectivity index (χ1) is 14.8. The number of amides is 4. The molecule has 0 bridgehead atoms. The summed E-state index contributed by atoms with van der Waals surface area (Å²) in [6.45, 7) is 1.19. The summed E-state index contributed by atoms with van der Waals surface area (Å²) in [5, 5.41) is 5.30. The highest BCUT2D eigenvalue weighted by molar-refractivity contribution is 7.99. The Morgan fingerprint density at radius 3 is 2.58 bits per heavy atom. The molecule has 0 radical (unpaired) electrons. The number of thioether (sulfide) groups is 1. The van der Waals surface area contributed by atoms with E-state index in [9.17, 15) is 23.2 Å². The monoisotopic (exact) mass is 445 g/mol. The summed E-state index contributed by atoms with van der Waals surface area (Å²) >= 11 is 0.406. The molecule has 1 aliphatic heterocycles. The summed E-state index contributed by atoms with van der Waals surface area (Å²) < 4.78 is 24.8. The minimum atomic E-state index is -2.53. The van der Waals surface area contributed by atoms with Gasteiger partial charge in [-0.05, 0) is 67.1 Å². The lowest BCUT2D eigenvalue weighted by Crippen LogP contribution is -2.42. The molecule has 9 heteroatoms. The number of imide groups is 1. The summed E-state index contributed by atoms with van der Waals surface area (Å²) in [7, 11) is 0. The maximum atomic E-state index is 13.1. The fourth-order valence-electron chi connectivity index (χ4n) is 3.98. The van der Waals surface area contributed by atoms with E-state index < -0.39 is 35.7 Å². The second kappa shape index (κ2) is 8.30. The molecule has 2 aromatic carbocycles. The normalized spacial score (nSPS) is 20.2. The van der Waals surface area contributed by atoms with E-state index in [1.165, 1.54) is 35.4 Å². The van der Waals surface area contributed by atoms with Crippen LogP contribution in [0.3, 0.4) is 0 Å². The lowest BCUT2D eigenvalue weighted by Gasteiger charge is -2.23. The molecule has 31 heavy (non-hydrogen) atoms. The van der Waals surface area contributed by atoms with Crippen molar-refractivity contribution in [2.45, 2.75) is 42.4 Å². The lowest BCUT2D eigenvalue weighted by molar-refractivity contribution is -0.133. The molecule has 1 atom stereocenters. The molecule has 1 fully saturated rings. The summed E-state index contributed by atoms with van der Waals surface area (Å²) in [4.78, 5) is 39.2. The Morgan fingerprint density at radius 1 is 1.16 bits per heavy atom. The summed E-state index contributed by atoms with van der Waals surface area (Å²) in [5.41, 5.74) is 2.30. The number of nitrogens with one attached hydrogen (secondary N) is 2. The minimum absolute atomic E-state index is 0.368. The first-order valence-electron chi connectivity index (χ1n) is 9.87. The Bertz CT molecular complexity index is 1040. The number of alkyl halides is 2. The van der Waals surface area contributed by atoms with Crippen LogP contribution in [-0.2, 0) is 28.0 Å². The molecule has 2 aliphatic rings. The lowest BCUT2D eigenvalue weighted by atomic mass is 9.89. The van der Waals surface area contributed by atoms with Gasteiger partial charge in [-0.1, -0.05) is 30.0 Å². The van der Waals surface area contributed by atoms with E-state index >= 15 is 0 Å². The molecule has 4 rings (SSSR count). The molecule has 4 amide bonds. The number of hydrogen-bond acceptors (Lipinski definition) is 4. The maximum absolute atomic E-state index is 13.1. The van der Waals surface area contributed by atoms with Crippen LogP contribution < -0.4 is 10.6 Å². The molecule has 6 nitrogen and oxygen atoms in total. The summed E-state index contributed by atoms with van der Waals surface area (Å²) in [5.74, 6) is -3.58. The Morgan fingerprint density at radius 2 is 1.87 bits per heavy atom. The van der Waals surface area contributed by atoms with E-state index in [1.807, 2.05) is 18.2 Å². The van der Waals surface area contributed by atoms with Crippen LogP contribution in [-0.4, -0.2) is 35.0 Å². The van der Waals surface area contributed by atoms with Gasteiger partial charge < -0.3 is 10.6 Å². The van der Waals surface area contributed by atoms with Crippen LogP contribution in [0.25, 0.3) is 0 Å². The van der Waals surface area contributed by atoms with Crippen LogP contribution in [0, 0.1) is 0 Å². The number of benzene rings is 2. The SMILES string of the molecule is CC1(c2ccc3c(c2)CCC3)NC(=O)N(CC(=O)Nc2ccc(SC(F)F)cc2)C1=O. The fourth-order valence-corrected chi connectivity index (χ4v) is 4.48. The second-order valence-corrected chi connectivity index (χ2v) is 8.80. The first kappa shape index (κ1) is 21.3. The number of carbonyl (C=O) groups is 3. The quantitative estimate of drug-likeness (QED) is 0.522. The third-order valence-electron chi connectivity index (χ3n) is 5.62. The fraction of sp³-hybridized carbons (Fsp3) is 0.318. The number of anilines is 1. The molecular weight excluding hydrogens is 424 g/mol. The molecule has 1 unspecified atom stereocenters. The molecule has 2 N–H and O–H groups in total. The van der Waals surface area contributed by atoms with Crippen LogP contribution in [0.2, 0.25) is 0 Å². The number of nitrogens with zero attached hydrogens (tertiary/aromatic N) is 1. The second-order valence-electron chi connectivity index (χ2n) is 7.73. The zero-order valence-electron chi connectivity index (χ0n) is 16.8. The number of urea groups is 1. The van der Waals surface area contributed by atoms with Gasteiger partial charge >= 0.3 is 6.03 Å². The van der Waals surface area contributed by atoms with Gasteiger partial charge in [0.2, 0.25) is 5.91 Å². The third kappa shape index (κ3) is 4.27. The minimum Gasteiger partial charge on any atom is -0.325 e. The number of hydrogen-bond donors (Lipinski definition) is 2. The average molecular weight is 445 g/mol. The number of aryl methyl sites for hydroxylation is 2. The van der Waals surface area contributed by atoms with Gasteiger partial charge in [0.15, 0.2) is 0 Å². The topological polar surface area (TPSA) is 78.5 Å². The standard InChI is InChI=1S/C22H21F2N3O3S/c1-22(15-6-5-13-3-2-4-14(13)11-15)19(29)27(21(30)26-22)12-18(28)25-16-7-9-17(10-8-16)31-20(23)24/h5-11,20H,2-4,12H2,1H3,(H,25,28)(H,26,30). The molecule has 1 saturated heterocycles. The van der Waals surface area contributed by atoms with Crippen LogP contribution in [0.15, 0.2) is 47.4 Å². The van der Waals surface area contributed by atoms with Gasteiger partial charge in [0.25, 0.3) is 11.7 Å². The zero-order valence-corrected chi connectivity index (χ0v) is 17.6. The van der Waals surface area contributed by atoms with E-state index in [1.54, 1.807) is 6.92 Å². The van der Waals surface area contributed by atoms with E-state index in [0.717, 1.165) is 24.2 Å². The Labute approximate surface area is 182 Å². The van der Waals surface area contributed by atoms with Crippen LogP contribution in [0.5, 0.6) is 0 Å². The number of halogens is 2. The van der Waals surface area contributed by atoms with Gasteiger partial charge in [-0.2, -0.15) is 8.78 Å². The summed E-state index contributed by atoms with van der Waals surface area (Å²) in [6.07, 6.45) is 3.03. The highest BCUT2D eigenvalue weighted by atomic mass is 32.2. The van der Waals surface area contributed by atoms with Crippen molar-refractivity contribution in [2.24, 2.45) is 0 Å². The van der Waals surface area contributed by atoms with Crippen molar-refractivity contribution in [2.75, 3.05) is 11.9 Å². The van der Waals surface area contributed by atoms with Crippen molar-refractivity contribution >= 4 is 35.3 Å². The molecule has 1 aliphatic carbocycles. The predicted molar refractivity (Wildman–Crippen MR) is 113 cm³/mol. The van der Waals surface area contributed by atoms with Gasteiger partial charge in [0.1, 0.15) is 12.1 Å². The predicted octanol–water partition coefficient (Wildman–Crippen LogP) is 3.90. The van der Waals surface area contributed by atoms with Crippen LogP contribution in [0.4, 0.5) is 19.3 Å². The van der Waals surface area contributed by atoms with Crippen LogP contribution in [0.1, 0.15) is 30.0 Å². The van der Waals surface area contributed by atoms with Crippen molar-refractivity contribution in [1.82, 2.24) is 10.2 Å². The molecule has 0 spiro atoms. The number of rotatable bonds is 6. The van der Waals surface area contributed by atoms with E-state index in [-0.39, 0.29) is 0 Å². The smallest absolute Gasteiger partial charge is 0.325 e. The van der Waals surface area contributed by atoms with Gasteiger partial charge in [0, 0.05) is 10.6 Å². The molecule has 0 aromatic heterocycles.